The number of hydrogen-bond acceptors (Lipinski definition) is 2. The molecule has 0 aliphatic carbocycles. The molecule has 0 spiro atoms. The molecule has 4 heteroatoms. The average molecular weight is 244 g/mol. The van der Waals surface area contributed by atoms with Gasteiger partial charge in [0, 0.05) is 17.1 Å². The fourth-order valence-electron chi connectivity index (χ4n) is 0.946. The highest BCUT2D eigenvalue weighted by Crippen LogP contribution is 2.16. The lowest BCUT2D eigenvalue weighted by molar-refractivity contribution is -0.141. The maximum Gasteiger partial charge on any atom is 0.306 e. The lowest BCUT2D eigenvalue weighted by atomic mass is 10.1. The van der Waals surface area contributed by atoms with Crippen LogP contribution in [0.3, 0.4) is 0 Å². The highest BCUT2D eigenvalue weighted by molar-refractivity contribution is 9.10. The molecule has 0 fully saturated rings. The predicted octanol–water partition coefficient (Wildman–Crippen LogP) is 2.11. The molecule has 1 N–H and O–H groups in total. The first kappa shape index (κ1) is 10.2. The van der Waals surface area contributed by atoms with Gasteiger partial charge in [0.2, 0.25) is 0 Å². The van der Waals surface area contributed by atoms with Crippen molar-refractivity contribution in [3.63, 3.8) is 0 Å². The smallest absolute Gasteiger partial charge is 0.306 e. The van der Waals surface area contributed by atoms with Crippen LogP contribution >= 0.6 is 15.9 Å². The summed E-state index contributed by atoms with van der Waals surface area (Å²) in [6.07, 6.45) is 2.12. The van der Waals surface area contributed by atoms with Crippen molar-refractivity contribution in [1.82, 2.24) is 4.98 Å². The highest BCUT2D eigenvalue weighted by atomic mass is 79.9. The van der Waals surface area contributed by atoms with E-state index in [0.717, 1.165) is 10.2 Å². The van der Waals surface area contributed by atoms with Crippen LogP contribution in [0.1, 0.15) is 12.6 Å². The van der Waals surface area contributed by atoms with Gasteiger partial charge in [-0.2, -0.15) is 0 Å². The van der Waals surface area contributed by atoms with E-state index in [1.807, 2.05) is 6.07 Å². The predicted molar refractivity (Wildman–Crippen MR) is 52.4 cm³/mol. The largest absolute Gasteiger partial charge is 0.481 e. The van der Waals surface area contributed by atoms with E-state index in [9.17, 15) is 4.79 Å². The molecule has 1 unspecified atom stereocenters. The van der Waals surface area contributed by atoms with Gasteiger partial charge in [-0.3, -0.25) is 9.78 Å². The third-order valence-corrected chi connectivity index (χ3v) is 2.48. The van der Waals surface area contributed by atoms with Crippen LogP contribution in [-0.4, -0.2) is 16.1 Å². The van der Waals surface area contributed by atoms with Gasteiger partial charge in [0.1, 0.15) is 0 Å². The number of aliphatic carboxylic acids is 1. The molecule has 0 aliphatic heterocycles. The lowest BCUT2D eigenvalue weighted by Gasteiger charge is -2.06. The van der Waals surface area contributed by atoms with Crippen LogP contribution < -0.4 is 0 Å². The first-order chi connectivity index (χ1) is 6.11. The molecule has 1 atom stereocenters. The maximum atomic E-state index is 10.6. The number of aromatic nitrogens is 1. The van der Waals surface area contributed by atoms with Crippen LogP contribution in [0.5, 0.6) is 0 Å². The van der Waals surface area contributed by atoms with Crippen molar-refractivity contribution >= 4 is 21.9 Å². The van der Waals surface area contributed by atoms with E-state index in [4.69, 9.17) is 5.11 Å². The number of carboxylic acids is 1. The lowest BCUT2D eigenvalue weighted by Crippen LogP contribution is -2.13. The van der Waals surface area contributed by atoms with Gasteiger partial charge in [-0.05, 0) is 28.1 Å². The van der Waals surface area contributed by atoms with Gasteiger partial charge in [0.05, 0.1) is 11.6 Å². The Hall–Kier alpha value is -0.900. The SMILES string of the molecule is CC(Cc1ncccc1Br)C(=O)O. The fourth-order valence-corrected chi connectivity index (χ4v) is 1.36. The van der Waals surface area contributed by atoms with Crippen LogP contribution in [0, 0.1) is 5.92 Å². The minimum absolute atomic E-state index is 0.397. The van der Waals surface area contributed by atoms with Crippen molar-refractivity contribution in [2.24, 2.45) is 5.92 Å². The quantitative estimate of drug-likeness (QED) is 0.885. The molecule has 1 rings (SSSR count). The molecular weight excluding hydrogens is 234 g/mol. The molecule has 0 bridgehead atoms. The number of halogens is 1. The van der Waals surface area contributed by atoms with Gasteiger partial charge in [-0.1, -0.05) is 6.92 Å². The summed E-state index contributed by atoms with van der Waals surface area (Å²) in [5, 5.41) is 8.69. The third-order valence-electron chi connectivity index (χ3n) is 1.76. The maximum absolute atomic E-state index is 10.6. The molecule has 0 aliphatic rings. The standard InChI is InChI=1S/C9H10BrNO2/c1-6(9(12)13)5-8-7(10)3-2-4-11-8/h2-4,6H,5H2,1H3,(H,12,13). The minimum atomic E-state index is -0.794. The second kappa shape index (κ2) is 4.37. The summed E-state index contributed by atoms with van der Waals surface area (Å²) in [5.74, 6) is -1.19. The van der Waals surface area contributed by atoms with E-state index in [1.54, 1.807) is 19.2 Å². The Kier molecular flexibility index (Phi) is 3.42. The molecule has 0 aromatic carbocycles. The highest BCUT2D eigenvalue weighted by Gasteiger charge is 2.13. The second-order valence-corrected chi connectivity index (χ2v) is 3.73. The van der Waals surface area contributed by atoms with E-state index >= 15 is 0 Å². The molecule has 70 valence electrons. The number of carbonyl (C=O) groups is 1. The van der Waals surface area contributed by atoms with Crippen molar-refractivity contribution in [2.45, 2.75) is 13.3 Å². The number of pyridine rings is 1. The minimum Gasteiger partial charge on any atom is -0.481 e. The van der Waals surface area contributed by atoms with E-state index in [1.165, 1.54) is 0 Å². The normalized spacial score (nSPS) is 12.5. The molecule has 13 heavy (non-hydrogen) atoms. The van der Waals surface area contributed by atoms with Gasteiger partial charge >= 0.3 is 5.97 Å². The Morgan fingerprint density at radius 2 is 2.46 bits per heavy atom. The Morgan fingerprint density at radius 3 is 3.00 bits per heavy atom. The van der Waals surface area contributed by atoms with E-state index in [2.05, 4.69) is 20.9 Å². The number of nitrogens with zero attached hydrogens (tertiary/aromatic N) is 1. The Balaban J connectivity index is 2.74. The molecular formula is C9H10BrNO2. The molecule has 1 heterocycles. The molecule has 0 amide bonds. The molecule has 0 radical (unpaired) electrons. The first-order valence-corrected chi connectivity index (χ1v) is 4.72. The van der Waals surface area contributed by atoms with Crippen LogP contribution in [0.15, 0.2) is 22.8 Å². The molecule has 0 saturated carbocycles. The van der Waals surface area contributed by atoms with Crippen molar-refractivity contribution in [3.8, 4) is 0 Å². The number of rotatable bonds is 3. The van der Waals surface area contributed by atoms with Gasteiger partial charge in [0.15, 0.2) is 0 Å². The zero-order valence-electron chi connectivity index (χ0n) is 7.20. The molecule has 1 aromatic rings. The van der Waals surface area contributed by atoms with Crippen LogP contribution in [-0.2, 0) is 11.2 Å². The third kappa shape index (κ3) is 2.81. The topological polar surface area (TPSA) is 50.2 Å². The summed E-state index contributed by atoms with van der Waals surface area (Å²) in [7, 11) is 0. The number of carboxylic acid groups (broad SMARTS) is 1. The van der Waals surface area contributed by atoms with Gasteiger partial charge in [-0.15, -0.1) is 0 Å². The van der Waals surface area contributed by atoms with Crippen LogP contribution in [0.4, 0.5) is 0 Å². The fraction of sp³-hybridized carbons (Fsp3) is 0.333. The van der Waals surface area contributed by atoms with Crippen LogP contribution in [0.25, 0.3) is 0 Å². The Labute approximate surface area is 84.9 Å². The van der Waals surface area contributed by atoms with E-state index in [0.29, 0.717) is 6.42 Å². The van der Waals surface area contributed by atoms with Gasteiger partial charge in [-0.25, -0.2) is 0 Å². The molecule has 3 nitrogen and oxygen atoms in total. The van der Waals surface area contributed by atoms with Crippen molar-refractivity contribution in [2.75, 3.05) is 0 Å². The van der Waals surface area contributed by atoms with Crippen molar-refractivity contribution in [1.29, 1.82) is 0 Å². The van der Waals surface area contributed by atoms with Crippen molar-refractivity contribution in [3.05, 3.63) is 28.5 Å². The van der Waals surface area contributed by atoms with Gasteiger partial charge in [0.25, 0.3) is 0 Å². The Morgan fingerprint density at radius 1 is 1.77 bits per heavy atom. The molecule has 0 saturated heterocycles. The summed E-state index contributed by atoms with van der Waals surface area (Å²) in [6.45, 7) is 1.67. The monoisotopic (exact) mass is 243 g/mol. The summed E-state index contributed by atoms with van der Waals surface area (Å²) >= 11 is 3.32. The summed E-state index contributed by atoms with van der Waals surface area (Å²) in [6, 6.07) is 3.66. The van der Waals surface area contributed by atoms with E-state index in [-0.39, 0.29) is 0 Å². The zero-order chi connectivity index (χ0) is 9.84. The summed E-state index contributed by atoms with van der Waals surface area (Å²) < 4.78 is 0.864. The van der Waals surface area contributed by atoms with E-state index < -0.39 is 11.9 Å². The Bertz CT molecular complexity index is 314. The summed E-state index contributed by atoms with van der Waals surface area (Å²) in [4.78, 5) is 14.7. The second-order valence-electron chi connectivity index (χ2n) is 2.88. The van der Waals surface area contributed by atoms with Gasteiger partial charge < -0.3 is 5.11 Å². The average Bonchev–Trinajstić information content (AvgIpc) is 2.08. The van der Waals surface area contributed by atoms with Crippen LogP contribution in [0.2, 0.25) is 0 Å². The summed E-state index contributed by atoms with van der Waals surface area (Å²) in [5.41, 5.74) is 0.789. The molecule has 1 aromatic heterocycles. The number of hydrogen-bond donors (Lipinski definition) is 1. The zero-order valence-corrected chi connectivity index (χ0v) is 8.78. The first-order valence-electron chi connectivity index (χ1n) is 3.93. The van der Waals surface area contributed by atoms with Crippen molar-refractivity contribution < 1.29 is 9.90 Å².